The highest BCUT2D eigenvalue weighted by molar-refractivity contribution is 9.10. The fourth-order valence-corrected chi connectivity index (χ4v) is 1.63. The second kappa shape index (κ2) is 5.21. The summed E-state index contributed by atoms with van der Waals surface area (Å²) in [6, 6.07) is 4.19. The van der Waals surface area contributed by atoms with E-state index in [2.05, 4.69) is 22.5 Å². The van der Waals surface area contributed by atoms with E-state index in [1.807, 2.05) is 6.92 Å². The normalized spacial score (nSPS) is 10.1. The maximum Gasteiger partial charge on any atom is 0.167 e. The quantitative estimate of drug-likeness (QED) is 0.594. The van der Waals surface area contributed by atoms with Crippen molar-refractivity contribution in [3.05, 3.63) is 46.2 Å². The van der Waals surface area contributed by atoms with Gasteiger partial charge in [0.2, 0.25) is 0 Å². The lowest BCUT2D eigenvalue weighted by atomic mass is 10.0. The van der Waals surface area contributed by atoms with Crippen molar-refractivity contribution in [3.63, 3.8) is 0 Å². The third-order valence-corrected chi connectivity index (χ3v) is 2.55. The molecule has 0 radical (unpaired) electrons. The Kier molecular flexibility index (Phi) is 4.21. The molecular formula is C12H12BrFO. The van der Waals surface area contributed by atoms with Crippen molar-refractivity contribution < 1.29 is 9.18 Å². The number of allylic oxidation sites excluding steroid dienone is 1. The van der Waals surface area contributed by atoms with Gasteiger partial charge in [-0.25, -0.2) is 4.39 Å². The minimum atomic E-state index is -0.408. The van der Waals surface area contributed by atoms with Crippen LogP contribution in [-0.4, -0.2) is 5.78 Å². The van der Waals surface area contributed by atoms with E-state index in [4.69, 9.17) is 0 Å². The standard InChI is InChI=1S/C12H12BrFO/c1-3-8(2)4-12(15)9-5-10(13)7-11(14)6-9/h5-7H,2-4H2,1H3. The van der Waals surface area contributed by atoms with Crippen LogP contribution in [0, 0.1) is 5.82 Å². The number of ketones is 1. The molecule has 1 aromatic carbocycles. The zero-order valence-electron chi connectivity index (χ0n) is 8.52. The maximum absolute atomic E-state index is 13.0. The average Bonchev–Trinajstić information content (AvgIpc) is 2.16. The first-order valence-corrected chi connectivity index (χ1v) is 5.48. The van der Waals surface area contributed by atoms with E-state index in [1.54, 1.807) is 6.07 Å². The van der Waals surface area contributed by atoms with Gasteiger partial charge in [0.25, 0.3) is 0 Å². The van der Waals surface area contributed by atoms with Crippen LogP contribution in [0.25, 0.3) is 0 Å². The lowest BCUT2D eigenvalue weighted by molar-refractivity contribution is 0.0992. The van der Waals surface area contributed by atoms with Crippen LogP contribution in [-0.2, 0) is 0 Å². The molecule has 0 amide bonds. The third-order valence-electron chi connectivity index (χ3n) is 2.10. The number of Topliss-reactive ketones (excluding diaryl/α,β-unsaturated/α-hetero) is 1. The molecule has 0 N–H and O–H groups in total. The number of halogens is 2. The Bertz CT molecular complexity index is 378. The number of hydrogen-bond acceptors (Lipinski definition) is 1. The number of carbonyl (C=O) groups is 1. The van der Waals surface area contributed by atoms with E-state index < -0.39 is 5.82 Å². The lowest BCUT2D eigenvalue weighted by Crippen LogP contribution is -2.00. The summed E-state index contributed by atoms with van der Waals surface area (Å²) in [5.74, 6) is -0.503. The Morgan fingerprint density at radius 1 is 1.47 bits per heavy atom. The summed E-state index contributed by atoms with van der Waals surface area (Å²) < 4.78 is 13.6. The molecule has 0 saturated carbocycles. The highest BCUT2D eigenvalue weighted by Gasteiger charge is 2.09. The highest BCUT2D eigenvalue weighted by Crippen LogP contribution is 2.17. The monoisotopic (exact) mass is 270 g/mol. The Morgan fingerprint density at radius 3 is 2.67 bits per heavy atom. The smallest absolute Gasteiger partial charge is 0.167 e. The molecule has 1 rings (SSSR count). The van der Waals surface area contributed by atoms with Gasteiger partial charge in [-0.05, 0) is 24.6 Å². The molecule has 0 fully saturated rings. The van der Waals surface area contributed by atoms with Gasteiger partial charge in [0.05, 0.1) is 0 Å². The zero-order chi connectivity index (χ0) is 11.4. The summed E-state index contributed by atoms with van der Waals surface area (Å²) in [6.45, 7) is 5.70. The third kappa shape index (κ3) is 3.59. The van der Waals surface area contributed by atoms with E-state index in [0.717, 1.165) is 12.0 Å². The van der Waals surface area contributed by atoms with E-state index in [-0.39, 0.29) is 12.2 Å². The van der Waals surface area contributed by atoms with Gasteiger partial charge in [-0.15, -0.1) is 0 Å². The van der Waals surface area contributed by atoms with E-state index in [9.17, 15) is 9.18 Å². The first-order valence-electron chi connectivity index (χ1n) is 4.69. The number of benzene rings is 1. The molecule has 0 aromatic heterocycles. The molecule has 15 heavy (non-hydrogen) atoms. The van der Waals surface area contributed by atoms with E-state index in [1.165, 1.54) is 12.1 Å². The van der Waals surface area contributed by atoms with Gasteiger partial charge >= 0.3 is 0 Å². The Balaban J connectivity index is 2.86. The first-order chi connectivity index (χ1) is 7.02. The van der Waals surface area contributed by atoms with Crippen molar-refractivity contribution in [3.8, 4) is 0 Å². The minimum Gasteiger partial charge on any atom is -0.294 e. The molecule has 0 saturated heterocycles. The van der Waals surface area contributed by atoms with Gasteiger partial charge in [-0.1, -0.05) is 35.0 Å². The molecular weight excluding hydrogens is 259 g/mol. The molecule has 3 heteroatoms. The number of rotatable bonds is 4. The van der Waals surface area contributed by atoms with Crippen LogP contribution in [0.5, 0.6) is 0 Å². The predicted molar refractivity (Wildman–Crippen MR) is 62.5 cm³/mol. The minimum absolute atomic E-state index is 0.0953. The molecule has 1 aromatic rings. The fourth-order valence-electron chi connectivity index (χ4n) is 1.17. The Hall–Kier alpha value is -0.960. The summed E-state index contributed by atoms with van der Waals surface area (Å²) >= 11 is 3.15. The molecule has 0 unspecified atom stereocenters. The summed E-state index contributed by atoms with van der Waals surface area (Å²) in [5, 5.41) is 0. The molecule has 0 atom stereocenters. The van der Waals surface area contributed by atoms with Gasteiger partial charge in [-0.2, -0.15) is 0 Å². The molecule has 0 spiro atoms. The molecule has 0 aliphatic rings. The first kappa shape index (κ1) is 12.1. The zero-order valence-corrected chi connectivity index (χ0v) is 10.1. The molecule has 0 bridgehead atoms. The largest absolute Gasteiger partial charge is 0.294 e. The van der Waals surface area contributed by atoms with E-state index in [0.29, 0.717) is 10.0 Å². The van der Waals surface area contributed by atoms with Crippen LogP contribution in [0.3, 0.4) is 0 Å². The van der Waals surface area contributed by atoms with Gasteiger partial charge < -0.3 is 0 Å². The summed E-state index contributed by atoms with van der Waals surface area (Å²) in [6.07, 6.45) is 1.05. The van der Waals surface area contributed by atoms with E-state index >= 15 is 0 Å². The lowest BCUT2D eigenvalue weighted by Gasteiger charge is -2.03. The summed E-state index contributed by atoms with van der Waals surface area (Å²) in [7, 11) is 0. The number of carbonyl (C=O) groups excluding carboxylic acids is 1. The van der Waals surface area contributed by atoms with Crippen LogP contribution < -0.4 is 0 Å². The molecule has 80 valence electrons. The van der Waals surface area contributed by atoms with Crippen molar-refractivity contribution in [2.24, 2.45) is 0 Å². The van der Waals surface area contributed by atoms with Crippen molar-refractivity contribution in [2.75, 3.05) is 0 Å². The maximum atomic E-state index is 13.0. The van der Waals surface area contributed by atoms with Gasteiger partial charge in [0.15, 0.2) is 5.78 Å². The summed E-state index contributed by atoms with van der Waals surface area (Å²) in [5.41, 5.74) is 1.25. The van der Waals surface area contributed by atoms with Crippen molar-refractivity contribution >= 4 is 21.7 Å². The Labute approximate surface area is 97.1 Å². The fraction of sp³-hybridized carbons (Fsp3) is 0.250. The van der Waals surface area contributed by atoms with Crippen molar-refractivity contribution in [1.82, 2.24) is 0 Å². The SMILES string of the molecule is C=C(CC)CC(=O)c1cc(F)cc(Br)c1. The van der Waals surface area contributed by atoms with Gasteiger partial charge in [0.1, 0.15) is 5.82 Å². The number of hydrogen-bond donors (Lipinski definition) is 0. The van der Waals surface area contributed by atoms with Crippen molar-refractivity contribution in [1.29, 1.82) is 0 Å². The van der Waals surface area contributed by atoms with Crippen LogP contribution >= 0.6 is 15.9 Å². The predicted octanol–water partition coefficient (Wildman–Crippen LogP) is 4.13. The van der Waals surface area contributed by atoms with Crippen LogP contribution in [0.1, 0.15) is 30.1 Å². The topological polar surface area (TPSA) is 17.1 Å². The van der Waals surface area contributed by atoms with Crippen LogP contribution in [0.15, 0.2) is 34.8 Å². The van der Waals surface area contributed by atoms with Gasteiger partial charge in [0, 0.05) is 16.5 Å². The second-order valence-electron chi connectivity index (χ2n) is 3.36. The van der Waals surface area contributed by atoms with Gasteiger partial charge in [-0.3, -0.25) is 4.79 Å². The average molecular weight is 271 g/mol. The van der Waals surface area contributed by atoms with Crippen LogP contribution in [0.4, 0.5) is 4.39 Å². The molecule has 0 heterocycles. The molecule has 0 aliphatic carbocycles. The molecule has 1 nitrogen and oxygen atoms in total. The van der Waals surface area contributed by atoms with Crippen molar-refractivity contribution in [2.45, 2.75) is 19.8 Å². The highest BCUT2D eigenvalue weighted by atomic mass is 79.9. The summed E-state index contributed by atoms with van der Waals surface area (Å²) in [4.78, 5) is 11.7. The second-order valence-corrected chi connectivity index (χ2v) is 4.28. The molecule has 0 aliphatic heterocycles. The Morgan fingerprint density at radius 2 is 2.13 bits per heavy atom. The van der Waals surface area contributed by atoms with Crippen LogP contribution in [0.2, 0.25) is 0 Å².